The molecule has 1 unspecified atom stereocenters. The molecule has 1 rings (SSSR count). The molecule has 0 bridgehead atoms. The Morgan fingerprint density at radius 2 is 2.13 bits per heavy atom. The summed E-state index contributed by atoms with van der Waals surface area (Å²) in [4.78, 5) is 6.76. The third-order valence-corrected chi connectivity index (χ3v) is 3.46. The molecule has 0 aromatic rings. The minimum Gasteiger partial charge on any atom is -0.379 e. The van der Waals surface area contributed by atoms with Gasteiger partial charge in [-0.2, -0.15) is 0 Å². The third kappa shape index (κ3) is 12.9. The normalized spacial score (nSPS) is 18.1. The number of aliphatic imine (C=N–C) groups is 1. The van der Waals surface area contributed by atoms with Gasteiger partial charge in [0.05, 0.1) is 12.7 Å². The van der Waals surface area contributed by atoms with E-state index >= 15 is 0 Å². The maximum atomic E-state index is 5.64. The smallest absolute Gasteiger partial charge is 0.191 e. The van der Waals surface area contributed by atoms with Crippen molar-refractivity contribution < 1.29 is 9.47 Å². The van der Waals surface area contributed by atoms with Crippen LogP contribution in [0.1, 0.15) is 32.6 Å². The summed E-state index contributed by atoms with van der Waals surface area (Å²) < 4.78 is 11.2. The molecule has 0 saturated carbocycles. The summed E-state index contributed by atoms with van der Waals surface area (Å²) in [6.07, 6.45) is 4.69. The molecule has 1 atom stereocenters. The summed E-state index contributed by atoms with van der Waals surface area (Å²) in [7, 11) is 4.19. The molecule has 7 heteroatoms. The number of hydrogen-bond donors (Lipinski definition) is 2. The Hall–Kier alpha value is -0.120. The van der Waals surface area contributed by atoms with Gasteiger partial charge in [-0.05, 0) is 53.2 Å². The van der Waals surface area contributed by atoms with Crippen LogP contribution in [0.4, 0.5) is 0 Å². The number of hydrogen-bond acceptors (Lipinski definition) is 4. The fraction of sp³-hybridized carbons (Fsp3) is 0.938. The predicted molar refractivity (Wildman–Crippen MR) is 107 cm³/mol. The summed E-state index contributed by atoms with van der Waals surface area (Å²) in [5.41, 5.74) is 0. The standard InChI is InChI=1S/C16H34N4O2.HI/c1-4-17-16(18-9-6-11-20(2)3)19-10-7-12-21-14-15-8-5-13-22-15;/h15H,4-14H2,1-3H3,(H2,17,18,19);1H. The number of nitrogens with one attached hydrogen (secondary N) is 2. The molecule has 1 heterocycles. The van der Waals surface area contributed by atoms with Crippen LogP contribution in [0.5, 0.6) is 0 Å². The molecule has 0 aromatic carbocycles. The fourth-order valence-corrected chi connectivity index (χ4v) is 2.29. The van der Waals surface area contributed by atoms with Gasteiger partial charge in [-0.3, -0.25) is 4.99 Å². The Morgan fingerprint density at radius 1 is 1.30 bits per heavy atom. The number of nitrogens with zero attached hydrogens (tertiary/aromatic N) is 2. The van der Waals surface area contributed by atoms with Crippen molar-refractivity contribution in [2.45, 2.75) is 38.7 Å². The molecule has 0 radical (unpaired) electrons. The van der Waals surface area contributed by atoms with Crippen molar-refractivity contribution in [2.75, 3.05) is 60.1 Å². The van der Waals surface area contributed by atoms with Gasteiger partial charge in [0, 0.05) is 32.8 Å². The minimum atomic E-state index is 0. The van der Waals surface area contributed by atoms with E-state index in [2.05, 4.69) is 41.5 Å². The van der Waals surface area contributed by atoms with Crippen LogP contribution in [0.25, 0.3) is 0 Å². The van der Waals surface area contributed by atoms with Gasteiger partial charge in [0.1, 0.15) is 0 Å². The third-order valence-electron chi connectivity index (χ3n) is 3.46. The van der Waals surface area contributed by atoms with Gasteiger partial charge in [0.25, 0.3) is 0 Å². The van der Waals surface area contributed by atoms with E-state index in [1.165, 1.54) is 6.42 Å². The second kappa shape index (κ2) is 15.4. The number of guanidine groups is 1. The van der Waals surface area contributed by atoms with Crippen molar-refractivity contribution in [1.29, 1.82) is 0 Å². The van der Waals surface area contributed by atoms with Gasteiger partial charge in [-0.25, -0.2) is 0 Å². The van der Waals surface area contributed by atoms with E-state index in [-0.39, 0.29) is 24.0 Å². The van der Waals surface area contributed by atoms with E-state index in [0.29, 0.717) is 6.10 Å². The van der Waals surface area contributed by atoms with Crippen molar-refractivity contribution in [3.63, 3.8) is 0 Å². The summed E-state index contributed by atoms with van der Waals surface area (Å²) in [6.45, 7) is 8.16. The lowest BCUT2D eigenvalue weighted by Crippen LogP contribution is -2.38. The maximum absolute atomic E-state index is 5.64. The van der Waals surface area contributed by atoms with Crippen molar-refractivity contribution in [3.05, 3.63) is 0 Å². The van der Waals surface area contributed by atoms with Crippen LogP contribution in [0, 0.1) is 0 Å². The lowest BCUT2D eigenvalue weighted by Gasteiger charge is -2.13. The van der Waals surface area contributed by atoms with Gasteiger partial charge in [0.15, 0.2) is 5.96 Å². The first-order valence-electron chi connectivity index (χ1n) is 8.58. The molecular weight excluding hydrogens is 407 g/mol. The van der Waals surface area contributed by atoms with Gasteiger partial charge in [-0.1, -0.05) is 0 Å². The average molecular weight is 442 g/mol. The summed E-state index contributed by atoms with van der Waals surface area (Å²) in [6, 6.07) is 0. The minimum absolute atomic E-state index is 0. The van der Waals surface area contributed by atoms with E-state index in [0.717, 1.165) is 71.2 Å². The molecule has 23 heavy (non-hydrogen) atoms. The monoisotopic (exact) mass is 442 g/mol. The average Bonchev–Trinajstić information content (AvgIpc) is 3.00. The van der Waals surface area contributed by atoms with E-state index in [1.807, 2.05) is 0 Å². The Bertz CT molecular complexity index is 298. The molecule has 0 amide bonds. The quantitative estimate of drug-likeness (QED) is 0.221. The largest absolute Gasteiger partial charge is 0.379 e. The van der Waals surface area contributed by atoms with Gasteiger partial charge in [0.2, 0.25) is 0 Å². The Morgan fingerprint density at radius 3 is 2.78 bits per heavy atom. The lowest BCUT2D eigenvalue weighted by atomic mass is 10.2. The molecule has 0 aromatic heterocycles. The number of halogens is 1. The summed E-state index contributed by atoms with van der Waals surface area (Å²) in [5.74, 6) is 0.903. The Kier molecular flexibility index (Phi) is 15.3. The zero-order valence-electron chi connectivity index (χ0n) is 15.0. The molecule has 1 aliphatic heterocycles. The van der Waals surface area contributed by atoms with Gasteiger partial charge >= 0.3 is 0 Å². The van der Waals surface area contributed by atoms with Gasteiger partial charge in [-0.15, -0.1) is 24.0 Å². The van der Waals surface area contributed by atoms with Crippen molar-refractivity contribution in [1.82, 2.24) is 15.5 Å². The van der Waals surface area contributed by atoms with Crippen molar-refractivity contribution >= 4 is 29.9 Å². The molecule has 0 spiro atoms. The first-order valence-corrected chi connectivity index (χ1v) is 8.58. The zero-order valence-corrected chi connectivity index (χ0v) is 17.3. The van der Waals surface area contributed by atoms with Crippen LogP contribution >= 0.6 is 24.0 Å². The zero-order chi connectivity index (χ0) is 16.0. The van der Waals surface area contributed by atoms with E-state index in [9.17, 15) is 0 Å². The number of ether oxygens (including phenoxy) is 2. The highest BCUT2D eigenvalue weighted by atomic mass is 127. The second-order valence-electron chi connectivity index (χ2n) is 5.91. The highest BCUT2D eigenvalue weighted by molar-refractivity contribution is 14.0. The van der Waals surface area contributed by atoms with E-state index < -0.39 is 0 Å². The SMILES string of the molecule is CCNC(=NCCCOCC1CCCO1)NCCCN(C)C.I. The van der Waals surface area contributed by atoms with Crippen LogP contribution in [0.15, 0.2) is 4.99 Å². The van der Waals surface area contributed by atoms with Crippen molar-refractivity contribution in [3.8, 4) is 0 Å². The Labute approximate surface area is 158 Å². The van der Waals surface area contributed by atoms with Crippen LogP contribution in [-0.4, -0.2) is 77.1 Å². The van der Waals surface area contributed by atoms with Crippen LogP contribution in [0.3, 0.4) is 0 Å². The number of rotatable bonds is 11. The van der Waals surface area contributed by atoms with E-state index in [4.69, 9.17) is 9.47 Å². The van der Waals surface area contributed by atoms with E-state index in [1.54, 1.807) is 0 Å². The van der Waals surface area contributed by atoms with Crippen LogP contribution < -0.4 is 10.6 Å². The lowest BCUT2D eigenvalue weighted by molar-refractivity contribution is 0.0171. The molecule has 1 saturated heterocycles. The molecule has 0 aliphatic carbocycles. The predicted octanol–water partition coefficient (Wildman–Crippen LogP) is 1.70. The maximum Gasteiger partial charge on any atom is 0.191 e. The van der Waals surface area contributed by atoms with Crippen molar-refractivity contribution in [2.24, 2.45) is 4.99 Å². The highest BCUT2D eigenvalue weighted by Gasteiger charge is 2.14. The summed E-state index contributed by atoms with van der Waals surface area (Å²) >= 11 is 0. The molecule has 2 N–H and O–H groups in total. The fourth-order valence-electron chi connectivity index (χ4n) is 2.29. The van der Waals surface area contributed by atoms with Crippen LogP contribution in [-0.2, 0) is 9.47 Å². The molecular formula is C16H35IN4O2. The molecule has 1 aliphatic rings. The topological polar surface area (TPSA) is 58.1 Å². The Balaban J connectivity index is 0.00000484. The molecule has 1 fully saturated rings. The first kappa shape index (κ1) is 22.9. The summed E-state index contributed by atoms with van der Waals surface area (Å²) in [5, 5.41) is 6.63. The molecule has 6 nitrogen and oxygen atoms in total. The first-order chi connectivity index (χ1) is 10.7. The second-order valence-corrected chi connectivity index (χ2v) is 5.91. The van der Waals surface area contributed by atoms with Crippen LogP contribution in [0.2, 0.25) is 0 Å². The highest BCUT2D eigenvalue weighted by Crippen LogP contribution is 2.11. The van der Waals surface area contributed by atoms with Gasteiger partial charge < -0.3 is 25.0 Å². The molecule has 138 valence electrons.